The molecule has 0 aliphatic carbocycles. The van der Waals surface area contributed by atoms with Crippen molar-refractivity contribution in [1.82, 2.24) is 4.90 Å². The van der Waals surface area contributed by atoms with Crippen LogP contribution < -0.4 is 0 Å². The Morgan fingerprint density at radius 3 is 2.91 bits per heavy atom. The number of likely N-dealkylation sites (tertiary alicyclic amines) is 1. The van der Waals surface area contributed by atoms with Crippen LogP contribution in [0.1, 0.15) is 43.0 Å². The van der Waals surface area contributed by atoms with Crippen molar-refractivity contribution in [3.05, 3.63) is 54.0 Å². The first-order valence-electron chi connectivity index (χ1n) is 7.85. The number of amides is 1. The van der Waals surface area contributed by atoms with Crippen molar-refractivity contribution in [2.45, 2.75) is 38.1 Å². The lowest BCUT2D eigenvalue weighted by Crippen LogP contribution is -2.35. The number of hydrogen-bond acceptors (Lipinski definition) is 3. The topological polar surface area (TPSA) is 53.7 Å². The summed E-state index contributed by atoms with van der Waals surface area (Å²) in [7, 11) is 0. The lowest BCUT2D eigenvalue weighted by Gasteiger charge is -2.28. The van der Waals surface area contributed by atoms with Gasteiger partial charge in [0, 0.05) is 6.54 Å². The van der Waals surface area contributed by atoms with Crippen LogP contribution in [0.25, 0.3) is 0 Å². The number of phenols is 1. The Morgan fingerprint density at radius 2 is 2.14 bits per heavy atom. The second-order valence-electron chi connectivity index (χ2n) is 5.81. The molecule has 0 bridgehead atoms. The number of benzene rings is 1. The Balaban J connectivity index is 1.78. The van der Waals surface area contributed by atoms with Gasteiger partial charge in [-0.05, 0) is 42.7 Å². The number of nitrogens with zero attached hydrogens (tertiary/aromatic N) is 1. The van der Waals surface area contributed by atoms with Gasteiger partial charge < -0.3 is 14.4 Å². The molecule has 4 heteroatoms. The molecule has 1 aliphatic heterocycles. The zero-order valence-electron chi connectivity index (χ0n) is 12.6. The minimum Gasteiger partial charge on any atom is -0.508 e. The highest BCUT2D eigenvalue weighted by molar-refractivity contribution is 5.79. The van der Waals surface area contributed by atoms with E-state index in [1.807, 2.05) is 23.1 Å². The molecule has 1 N–H and O–H groups in total. The molecular formula is C18H21NO3. The average Bonchev–Trinajstić information content (AvgIpc) is 2.91. The molecule has 22 heavy (non-hydrogen) atoms. The van der Waals surface area contributed by atoms with Gasteiger partial charge >= 0.3 is 0 Å². The molecule has 1 aliphatic rings. The second kappa shape index (κ2) is 6.69. The van der Waals surface area contributed by atoms with Gasteiger partial charge in [0.15, 0.2) is 0 Å². The van der Waals surface area contributed by atoms with Crippen molar-refractivity contribution >= 4 is 5.91 Å². The fourth-order valence-corrected chi connectivity index (χ4v) is 3.13. The van der Waals surface area contributed by atoms with E-state index in [0.717, 1.165) is 43.6 Å². The first-order valence-corrected chi connectivity index (χ1v) is 7.85. The maximum absolute atomic E-state index is 12.7. The Bertz CT molecular complexity index is 621. The van der Waals surface area contributed by atoms with Crippen molar-refractivity contribution in [2.75, 3.05) is 6.54 Å². The summed E-state index contributed by atoms with van der Waals surface area (Å²) < 4.78 is 5.54. The summed E-state index contributed by atoms with van der Waals surface area (Å²) in [6.45, 7) is 0.767. The minimum atomic E-state index is 0.0299. The Labute approximate surface area is 130 Å². The van der Waals surface area contributed by atoms with Crippen LogP contribution in [0.3, 0.4) is 0 Å². The third-order valence-electron chi connectivity index (χ3n) is 4.21. The molecule has 1 aromatic carbocycles. The molecule has 2 heterocycles. The molecule has 4 nitrogen and oxygen atoms in total. The monoisotopic (exact) mass is 299 g/mol. The summed E-state index contributed by atoms with van der Waals surface area (Å²) in [6.07, 6.45) is 6.21. The molecule has 0 unspecified atom stereocenters. The van der Waals surface area contributed by atoms with Crippen molar-refractivity contribution in [3.63, 3.8) is 0 Å². The predicted molar refractivity (Wildman–Crippen MR) is 83.4 cm³/mol. The summed E-state index contributed by atoms with van der Waals surface area (Å²) in [5.74, 6) is 1.16. The summed E-state index contributed by atoms with van der Waals surface area (Å²) in [5, 5.41) is 9.54. The van der Waals surface area contributed by atoms with Gasteiger partial charge in [-0.3, -0.25) is 4.79 Å². The van der Waals surface area contributed by atoms with Gasteiger partial charge in [-0.25, -0.2) is 0 Å². The van der Waals surface area contributed by atoms with Gasteiger partial charge in [0.25, 0.3) is 0 Å². The van der Waals surface area contributed by atoms with Gasteiger partial charge in [0.05, 0.1) is 18.7 Å². The van der Waals surface area contributed by atoms with E-state index in [0.29, 0.717) is 6.42 Å². The van der Waals surface area contributed by atoms with Gasteiger partial charge in [-0.1, -0.05) is 25.0 Å². The first kappa shape index (κ1) is 14.7. The highest BCUT2D eigenvalue weighted by Gasteiger charge is 2.28. The summed E-state index contributed by atoms with van der Waals surface area (Å²) in [6, 6.07) is 10.8. The Kier molecular flexibility index (Phi) is 4.47. The van der Waals surface area contributed by atoms with Crippen molar-refractivity contribution in [2.24, 2.45) is 0 Å². The van der Waals surface area contributed by atoms with Crippen LogP contribution in [0.2, 0.25) is 0 Å². The van der Waals surface area contributed by atoms with Crippen molar-refractivity contribution < 1.29 is 14.3 Å². The van der Waals surface area contributed by atoms with Crippen LogP contribution in [-0.2, 0) is 11.2 Å². The average molecular weight is 299 g/mol. The highest BCUT2D eigenvalue weighted by Crippen LogP contribution is 2.31. The van der Waals surface area contributed by atoms with Crippen molar-refractivity contribution in [3.8, 4) is 5.75 Å². The third-order valence-corrected chi connectivity index (χ3v) is 4.21. The molecule has 0 saturated carbocycles. The van der Waals surface area contributed by atoms with E-state index in [2.05, 4.69) is 0 Å². The number of aromatic hydroxyl groups is 1. The fraction of sp³-hybridized carbons (Fsp3) is 0.389. The number of furan rings is 1. The molecule has 1 amide bonds. The molecule has 116 valence electrons. The fourth-order valence-electron chi connectivity index (χ4n) is 3.13. The smallest absolute Gasteiger partial charge is 0.227 e. The van der Waals surface area contributed by atoms with Crippen molar-refractivity contribution in [1.29, 1.82) is 0 Å². The Morgan fingerprint density at radius 1 is 1.23 bits per heavy atom. The molecule has 2 aromatic rings. The first-order chi connectivity index (χ1) is 10.7. The number of phenolic OH excluding ortho intramolecular Hbond substituents is 1. The summed E-state index contributed by atoms with van der Waals surface area (Å²) in [5.41, 5.74) is 0.840. The molecule has 1 atom stereocenters. The van der Waals surface area contributed by atoms with Gasteiger partial charge in [-0.15, -0.1) is 0 Å². The largest absolute Gasteiger partial charge is 0.508 e. The molecule has 1 aromatic heterocycles. The number of rotatable bonds is 3. The zero-order chi connectivity index (χ0) is 15.4. The third kappa shape index (κ3) is 3.32. The van der Waals surface area contributed by atoms with Crippen LogP contribution in [0.4, 0.5) is 0 Å². The van der Waals surface area contributed by atoms with Crippen LogP contribution >= 0.6 is 0 Å². The van der Waals surface area contributed by atoms with Crippen LogP contribution in [-0.4, -0.2) is 22.5 Å². The number of carbonyl (C=O) groups is 1. The summed E-state index contributed by atoms with van der Waals surface area (Å²) >= 11 is 0. The molecule has 0 spiro atoms. The quantitative estimate of drug-likeness (QED) is 0.940. The van der Waals surface area contributed by atoms with Gasteiger partial charge in [0.1, 0.15) is 11.5 Å². The Hall–Kier alpha value is -2.23. The van der Waals surface area contributed by atoms with E-state index < -0.39 is 0 Å². The van der Waals surface area contributed by atoms with E-state index in [1.165, 1.54) is 0 Å². The minimum absolute atomic E-state index is 0.0299. The molecule has 3 rings (SSSR count). The number of carbonyl (C=O) groups excluding carboxylic acids is 1. The SMILES string of the molecule is O=C(Cc1cccc(O)c1)N1CCCCC[C@H]1c1ccco1. The zero-order valence-corrected chi connectivity index (χ0v) is 12.6. The molecule has 1 fully saturated rings. The maximum Gasteiger partial charge on any atom is 0.227 e. The lowest BCUT2D eigenvalue weighted by atomic mass is 10.1. The van der Waals surface area contributed by atoms with Gasteiger partial charge in [0.2, 0.25) is 5.91 Å². The summed E-state index contributed by atoms with van der Waals surface area (Å²) in [4.78, 5) is 14.7. The van der Waals surface area contributed by atoms with Crippen LogP contribution in [0.5, 0.6) is 5.75 Å². The van der Waals surface area contributed by atoms with E-state index >= 15 is 0 Å². The lowest BCUT2D eigenvalue weighted by molar-refractivity contribution is -0.133. The van der Waals surface area contributed by atoms with Crippen LogP contribution in [0.15, 0.2) is 47.1 Å². The highest BCUT2D eigenvalue weighted by atomic mass is 16.3. The second-order valence-corrected chi connectivity index (χ2v) is 5.81. The molecule has 1 saturated heterocycles. The van der Waals surface area contributed by atoms with E-state index in [9.17, 15) is 9.90 Å². The maximum atomic E-state index is 12.7. The predicted octanol–water partition coefficient (Wildman–Crippen LogP) is 3.67. The number of hydrogen-bond donors (Lipinski definition) is 1. The van der Waals surface area contributed by atoms with E-state index in [1.54, 1.807) is 24.5 Å². The van der Waals surface area contributed by atoms with E-state index in [4.69, 9.17) is 4.42 Å². The van der Waals surface area contributed by atoms with E-state index in [-0.39, 0.29) is 17.7 Å². The van der Waals surface area contributed by atoms with Crippen LogP contribution in [0, 0.1) is 0 Å². The molecular weight excluding hydrogens is 278 g/mol. The normalized spacial score (nSPS) is 18.9. The van der Waals surface area contributed by atoms with Gasteiger partial charge in [-0.2, -0.15) is 0 Å². The molecule has 0 radical (unpaired) electrons. The standard InChI is InChI=1S/C18H21NO3/c20-15-7-4-6-14(12-15)13-18(21)19-10-3-1-2-8-16(19)17-9-5-11-22-17/h4-7,9,11-12,16,20H,1-3,8,10,13H2/t16-/m0/s1.